The average molecular weight is 322 g/mol. The molecule has 1 aliphatic carbocycles. The van der Waals surface area contributed by atoms with Crippen LogP contribution in [0, 0.1) is 0 Å². The van der Waals surface area contributed by atoms with Crippen molar-refractivity contribution in [1.82, 2.24) is 5.16 Å². The summed E-state index contributed by atoms with van der Waals surface area (Å²) < 4.78 is 5.42. The Kier molecular flexibility index (Phi) is 4.09. The van der Waals surface area contributed by atoms with E-state index in [1.54, 1.807) is 17.8 Å². The van der Waals surface area contributed by atoms with Crippen molar-refractivity contribution in [2.45, 2.75) is 37.0 Å². The maximum Gasteiger partial charge on any atom is 0.200 e. The number of aromatic nitrogens is 1. The number of rotatable bonds is 5. The Labute approximate surface area is 133 Å². The fraction of sp³-hybridized carbons (Fsp3) is 0.375. The maximum atomic E-state index is 12.9. The van der Waals surface area contributed by atoms with Gasteiger partial charge in [-0.15, -0.1) is 11.8 Å². The minimum absolute atomic E-state index is 0.0762. The fourth-order valence-electron chi connectivity index (χ4n) is 2.39. The minimum Gasteiger partial charge on any atom is -0.360 e. The van der Waals surface area contributed by atoms with E-state index < -0.39 is 0 Å². The number of carbonyl (C=O) groups is 1. The van der Waals surface area contributed by atoms with Crippen molar-refractivity contribution >= 4 is 29.1 Å². The topological polar surface area (TPSA) is 43.1 Å². The van der Waals surface area contributed by atoms with Crippen molar-refractivity contribution in [2.75, 3.05) is 6.26 Å². The number of ketones is 1. The number of carbonyl (C=O) groups excluding carboxylic acids is 1. The number of aryl methyl sites for hydroxylation is 1. The van der Waals surface area contributed by atoms with Crippen LogP contribution in [-0.4, -0.2) is 17.2 Å². The summed E-state index contributed by atoms with van der Waals surface area (Å²) in [5.41, 5.74) is 1.87. The van der Waals surface area contributed by atoms with Gasteiger partial charge in [-0.05, 0) is 43.7 Å². The molecule has 1 aromatic carbocycles. The number of benzene rings is 1. The molecule has 0 spiro atoms. The molecular weight excluding hydrogens is 306 g/mol. The summed E-state index contributed by atoms with van der Waals surface area (Å²) in [6.07, 6.45) is 4.79. The third-order valence-electron chi connectivity index (χ3n) is 3.72. The van der Waals surface area contributed by atoms with Crippen LogP contribution in [0.4, 0.5) is 0 Å². The largest absolute Gasteiger partial charge is 0.360 e. The average Bonchev–Trinajstić information content (AvgIpc) is 3.25. The molecular formula is C16H16ClNO2S. The van der Waals surface area contributed by atoms with E-state index in [1.165, 1.54) is 0 Å². The van der Waals surface area contributed by atoms with Gasteiger partial charge in [-0.25, -0.2) is 0 Å². The lowest BCUT2D eigenvalue weighted by Crippen LogP contribution is -2.07. The summed E-state index contributed by atoms with van der Waals surface area (Å²) in [5.74, 6) is 1.01. The molecule has 2 aromatic rings. The van der Waals surface area contributed by atoms with Gasteiger partial charge in [-0.3, -0.25) is 4.79 Å². The Morgan fingerprint density at radius 3 is 2.81 bits per heavy atom. The van der Waals surface area contributed by atoms with Gasteiger partial charge in [0.1, 0.15) is 0 Å². The van der Waals surface area contributed by atoms with E-state index in [9.17, 15) is 4.79 Å². The van der Waals surface area contributed by atoms with E-state index in [0.29, 0.717) is 28.5 Å². The Morgan fingerprint density at radius 1 is 1.48 bits per heavy atom. The molecule has 21 heavy (non-hydrogen) atoms. The molecule has 110 valence electrons. The second kappa shape index (κ2) is 5.85. The van der Waals surface area contributed by atoms with Gasteiger partial charge >= 0.3 is 0 Å². The van der Waals surface area contributed by atoms with E-state index in [1.807, 2.05) is 25.3 Å². The molecule has 0 bridgehead atoms. The molecule has 0 radical (unpaired) electrons. The van der Waals surface area contributed by atoms with Crippen molar-refractivity contribution in [3.8, 4) is 0 Å². The molecule has 3 rings (SSSR count). The van der Waals surface area contributed by atoms with Gasteiger partial charge in [-0.2, -0.15) is 0 Å². The zero-order valence-corrected chi connectivity index (χ0v) is 13.6. The second-order valence-corrected chi connectivity index (χ2v) is 6.46. The van der Waals surface area contributed by atoms with Gasteiger partial charge in [0.15, 0.2) is 11.5 Å². The highest BCUT2D eigenvalue weighted by atomic mass is 35.5. The molecule has 0 amide bonds. The fourth-order valence-corrected chi connectivity index (χ4v) is 3.16. The zero-order valence-electron chi connectivity index (χ0n) is 12.0. The lowest BCUT2D eigenvalue weighted by molar-refractivity contribution is 0.103. The summed E-state index contributed by atoms with van der Waals surface area (Å²) in [6, 6.07) is 5.54. The van der Waals surface area contributed by atoms with Crippen molar-refractivity contribution in [2.24, 2.45) is 0 Å². The molecule has 1 fully saturated rings. The first kappa shape index (κ1) is 14.7. The molecule has 3 nitrogen and oxygen atoms in total. The molecule has 0 unspecified atom stereocenters. The third kappa shape index (κ3) is 2.74. The molecule has 0 atom stereocenters. The van der Waals surface area contributed by atoms with E-state index in [-0.39, 0.29) is 5.78 Å². The third-order valence-corrected chi connectivity index (χ3v) is 4.76. The maximum absolute atomic E-state index is 12.9. The predicted octanol–water partition coefficient (Wildman–Crippen LogP) is 4.72. The highest BCUT2D eigenvalue weighted by molar-refractivity contribution is 7.98. The van der Waals surface area contributed by atoms with Gasteiger partial charge in [0.2, 0.25) is 0 Å². The summed E-state index contributed by atoms with van der Waals surface area (Å²) >= 11 is 7.88. The molecule has 0 N–H and O–H groups in total. The summed E-state index contributed by atoms with van der Waals surface area (Å²) in [7, 11) is 0. The van der Waals surface area contributed by atoms with E-state index in [2.05, 4.69) is 5.16 Å². The lowest BCUT2D eigenvalue weighted by atomic mass is 9.98. The van der Waals surface area contributed by atoms with Crippen LogP contribution in [0.2, 0.25) is 5.02 Å². The van der Waals surface area contributed by atoms with Crippen molar-refractivity contribution < 1.29 is 9.32 Å². The van der Waals surface area contributed by atoms with E-state index in [0.717, 1.165) is 29.2 Å². The normalized spacial score (nSPS) is 14.4. The molecule has 5 heteroatoms. The SMILES string of the molecule is CCc1noc(C2CC2)c1C(=O)c1ccc(SC)cc1Cl. The number of halogens is 1. The minimum atomic E-state index is -0.0762. The first-order valence-electron chi connectivity index (χ1n) is 7.02. The number of hydrogen-bond acceptors (Lipinski definition) is 4. The summed E-state index contributed by atoms with van der Waals surface area (Å²) in [5, 5.41) is 4.55. The van der Waals surface area contributed by atoms with Crippen LogP contribution in [0.5, 0.6) is 0 Å². The van der Waals surface area contributed by atoms with Gasteiger partial charge in [0, 0.05) is 16.4 Å². The van der Waals surface area contributed by atoms with Crippen LogP contribution in [0.1, 0.15) is 53.1 Å². The molecule has 1 aliphatic rings. The highest BCUT2D eigenvalue weighted by Gasteiger charge is 2.35. The smallest absolute Gasteiger partial charge is 0.200 e. The molecule has 1 aromatic heterocycles. The zero-order chi connectivity index (χ0) is 15.0. The molecule has 0 aliphatic heterocycles. The van der Waals surface area contributed by atoms with Crippen molar-refractivity contribution in [3.05, 3.63) is 45.8 Å². The van der Waals surface area contributed by atoms with Crippen LogP contribution in [-0.2, 0) is 6.42 Å². The van der Waals surface area contributed by atoms with Crippen LogP contribution < -0.4 is 0 Å². The van der Waals surface area contributed by atoms with Crippen LogP contribution in [0.3, 0.4) is 0 Å². The van der Waals surface area contributed by atoms with Crippen molar-refractivity contribution in [3.63, 3.8) is 0 Å². The molecule has 1 saturated carbocycles. The monoisotopic (exact) mass is 321 g/mol. The predicted molar refractivity (Wildman–Crippen MR) is 84.5 cm³/mol. The Hall–Kier alpha value is -1.26. The van der Waals surface area contributed by atoms with E-state index >= 15 is 0 Å². The summed E-state index contributed by atoms with van der Waals surface area (Å²) in [4.78, 5) is 13.9. The Morgan fingerprint density at radius 2 is 2.24 bits per heavy atom. The summed E-state index contributed by atoms with van der Waals surface area (Å²) in [6.45, 7) is 1.98. The lowest BCUT2D eigenvalue weighted by Gasteiger charge is -2.06. The number of nitrogens with zero attached hydrogens (tertiary/aromatic N) is 1. The standard InChI is InChI=1S/C16H16ClNO2S/c1-3-13-14(16(20-18-13)9-4-5-9)15(19)11-7-6-10(21-2)8-12(11)17/h6-9H,3-5H2,1-2H3. The van der Waals surface area contributed by atoms with Gasteiger partial charge < -0.3 is 4.52 Å². The Bertz CT molecular complexity index is 692. The van der Waals surface area contributed by atoms with Crippen LogP contribution >= 0.6 is 23.4 Å². The quantitative estimate of drug-likeness (QED) is 0.590. The van der Waals surface area contributed by atoms with Crippen LogP contribution in [0.15, 0.2) is 27.6 Å². The van der Waals surface area contributed by atoms with Crippen LogP contribution in [0.25, 0.3) is 0 Å². The second-order valence-electron chi connectivity index (χ2n) is 5.17. The van der Waals surface area contributed by atoms with Gasteiger partial charge in [-0.1, -0.05) is 23.7 Å². The Balaban J connectivity index is 2.04. The van der Waals surface area contributed by atoms with Crippen molar-refractivity contribution in [1.29, 1.82) is 0 Å². The number of thioether (sulfide) groups is 1. The van der Waals surface area contributed by atoms with E-state index in [4.69, 9.17) is 16.1 Å². The first-order chi connectivity index (χ1) is 10.2. The number of hydrogen-bond donors (Lipinski definition) is 0. The van der Waals surface area contributed by atoms with Gasteiger partial charge in [0.05, 0.1) is 16.3 Å². The first-order valence-corrected chi connectivity index (χ1v) is 8.62. The molecule has 1 heterocycles. The molecule has 0 saturated heterocycles. The highest BCUT2D eigenvalue weighted by Crippen LogP contribution is 2.43. The van der Waals surface area contributed by atoms with Gasteiger partial charge in [0.25, 0.3) is 0 Å².